The van der Waals surface area contributed by atoms with Crippen LogP contribution in [0.4, 0.5) is 5.82 Å². The van der Waals surface area contributed by atoms with Gasteiger partial charge in [-0.15, -0.1) is 0 Å². The minimum Gasteiger partial charge on any atom is -0.358 e. The van der Waals surface area contributed by atoms with Crippen molar-refractivity contribution in [3.63, 3.8) is 0 Å². The maximum absolute atomic E-state index is 9.81. The van der Waals surface area contributed by atoms with Gasteiger partial charge < -0.3 is 10.1 Å². The fraction of sp³-hybridized carbons (Fsp3) is 0. The largest absolute Gasteiger partial charge is 0.374 e. The molecule has 3 rings (SSSR count). The third kappa shape index (κ3) is 3.08. The van der Waals surface area contributed by atoms with Gasteiger partial charge in [0.25, 0.3) is 0 Å². The third-order valence-electron chi connectivity index (χ3n) is 2.12. The van der Waals surface area contributed by atoms with Crippen LogP contribution in [0.2, 0.25) is 0 Å². The minimum absolute atomic E-state index is 0.0741. The molecule has 1 aromatic carbocycles. The molecule has 0 N–H and O–H groups in total. The number of hydrogen-bond acceptors (Lipinski definition) is 5. The van der Waals surface area contributed by atoms with Crippen LogP contribution >= 0.6 is 11.3 Å². The predicted molar refractivity (Wildman–Crippen MR) is 70.5 cm³/mol. The molecule has 0 spiro atoms. The molecule has 3 aromatic rings. The molecule has 0 aliphatic heterocycles. The topological polar surface area (TPSA) is 68.9 Å². The molecule has 0 unspecified atom stereocenters. The van der Waals surface area contributed by atoms with Crippen molar-refractivity contribution in [2.75, 3.05) is 0 Å². The van der Waals surface area contributed by atoms with E-state index in [0.717, 1.165) is 5.52 Å². The van der Waals surface area contributed by atoms with E-state index in [1.165, 1.54) is 27.6 Å². The van der Waals surface area contributed by atoms with Crippen molar-refractivity contribution in [2.45, 2.75) is 0 Å². The third-order valence-corrected chi connectivity index (χ3v) is 2.69. The minimum atomic E-state index is -0.517. The highest BCUT2D eigenvalue weighted by molar-refractivity contribution is 7.07. The SMILES string of the molecule is O=[N+]([O-])c1cscn1.c1ccc2ncccc2c1. The number of aromatic nitrogens is 2. The first-order valence-electron chi connectivity index (χ1n) is 5.10. The molecule has 90 valence electrons. The Morgan fingerprint density at radius 2 is 1.89 bits per heavy atom. The molecule has 2 aromatic heterocycles. The standard InChI is InChI=1S/C9H7N.C3H2N2O2S/c1-2-6-9-8(4-1)5-3-7-10-9;6-5(7)3-1-8-2-4-3/h1-7H;1-2H. The Bertz CT molecular complexity index is 575. The number of nitro groups is 1. The fourth-order valence-corrected chi connectivity index (χ4v) is 1.81. The van der Waals surface area contributed by atoms with Crippen molar-refractivity contribution in [1.29, 1.82) is 0 Å². The summed E-state index contributed by atoms with van der Waals surface area (Å²) in [6, 6.07) is 12.1. The summed E-state index contributed by atoms with van der Waals surface area (Å²) in [7, 11) is 0. The molecule has 0 radical (unpaired) electrons. The first-order chi connectivity index (χ1) is 8.77. The molecule has 0 atom stereocenters. The monoisotopic (exact) mass is 259 g/mol. The zero-order valence-electron chi connectivity index (χ0n) is 9.26. The van der Waals surface area contributed by atoms with E-state index in [1.54, 1.807) is 0 Å². The van der Waals surface area contributed by atoms with Gasteiger partial charge in [0.05, 0.1) is 10.9 Å². The van der Waals surface area contributed by atoms with Crippen molar-refractivity contribution < 1.29 is 4.92 Å². The summed E-state index contributed by atoms with van der Waals surface area (Å²) >= 11 is 1.22. The van der Waals surface area contributed by atoms with E-state index >= 15 is 0 Å². The Balaban J connectivity index is 0.000000138. The van der Waals surface area contributed by atoms with E-state index in [1.807, 2.05) is 30.5 Å². The number of thiazole rings is 1. The molecule has 0 amide bonds. The lowest BCUT2D eigenvalue weighted by Crippen LogP contribution is -1.85. The maximum Gasteiger partial charge on any atom is 0.374 e. The maximum atomic E-state index is 9.81. The smallest absolute Gasteiger partial charge is 0.358 e. The molecule has 0 aliphatic rings. The molecule has 0 saturated carbocycles. The van der Waals surface area contributed by atoms with Crippen LogP contribution in [0.15, 0.2) is 53.5 Å². The van der Waals surface area contributed by atoms with Crippen LogP contribution in [-0.2, 0) is 0 Å². The van der Waals surface area contributed by atoms with E-state index < -0.39 is 4.92 Å². The summed E-state index contributed by atoms with van der Waals surface area (Å²) in [5.74, 6) is -0.0741. The van der Waals surface area contributed by atoms with Gasteiger partial charge in [0.1, 0.15) is 0 Å². The molecule has 0 bridgehead atoms. The number of hydrogen-bond donors (Lipinski definition) is 0. The van der Waals surface area contributed by atoms with Gasteiger partial charge in [-0.05, 0) is 22.0 Å². The summed E-state index contributed by atoms with van der Waals surface area (Å²) in [6.45, 7) is 0. The van der Waals surface area contributed by atoms with Gasteiger partial charge in [-0.25, -0.2) is 0 Å². The number of fused-ring (bicyclic) bond motifs is 1. The Morgan fingerprint density at radius 3 is 2.50 bits per heavy atom. The van der Waals surface area contributed by atoms with Crippen LogP contribution in [0.5, 0.6) is 0 Å². The van der Waals surface area contributed by atoms with Gasteiger partial charge in [-0.1, -0.05) is 35.6 Å². The van der Waals surface area contributed by atoms with Gasteiger partial charge in [0, 0.05) is 11.6 Å². The highest BCUT2D eigenvalue weighted by Crippen LogP contribution is 2.08. The summed E-state index contributed by atoms with van der Waals surface area (Å²) in [5.41, 5.74) is 2.49. The summed E-state index contributed by atoms with van der Waals surface area (Å²) in [5, 5.41) is 12.4. The first-order valence-corrected chi connectivity index (χ1v) is 6.04. The highest BCUT2D eigenvalue weighted by atomic mass is 32.1. The van der Waals surface area contributed by atoms with E-state index in [4.69, 9.17) is 0 Å². The Labute approximate surface area is 107 Å². The van der Waals surface area contributed by atoms with Crippen molar-refractivity contribution >= 4 is 28.1 Å². The Kier molecular flexibility index (Phi) is 3.93. The van der Waals surface area contributed by atoms with Crippen LogP contribution in [0.25, 0.3) is 10.9 Å². The summed E-state index contributed by atoms with van der Waals surface area (Å²) in [6.07, 6.45) is 1.81. The lowest BCUT2D eigenvalue weighted by molar-refractivity contribution is -0.389. The van der Waals surface area contributed by atoms with Gasteiger partial charge in [-0.3, -0.25) is 4.98 Å². The molecule has 6 heteroatoms. The molecular formula is C12H9N3O2S. The molecule has 0 fully saturated rings. The first kappa shape index (κ1) is 12.1. The van der Waals surface area contributed by atoms with E-state index in [-0.39, 0.29) is 5.82 Å². The quantitative estimate of drug-likeness (QED) is 0.496. The van der Waals surface area contributed by atoms with Crippen LogP contribution < -0.4 is 0 Å². The molecule has 2 heterocycles. The average molecular weight is 259 g/mol. The number of para-hydroxylation sites is 1. The molecular weight excluding hydrogens is 250 g/mol. The van der Waals surface area contributed by atoms with Crippen molar-refractivity contribution in [1.82, 2.24) is 9.97 Å². The molecule has 18 heavy (non-hydrogen) atoms. The zero-order chi connectivity index (χ0) is 12.8. The van der Waals surface area contributed by atoms with Gasteiger partial charge in [0.15, 0.2) is 5.51 Å². The van der Waals surface area contributed by atoms with E-state index in [0.29, 0.717) is 0 Å². The Morgan fingerprint density at radius 1 is 1.11 bits per heavy atom. The summed E-state index contributed by atoms with van der Waals surface area (Å²) in [4.78, 5) is 16.9. The molecule has 5 nitrogen and oxygen atoms in total. The number of benzene rings is 1. The predicted octanol–water partition coefficient (Wildman–Crippen LogP) is 3.29. The lowest BCUT2D eigenvalue weighted by Gasteiger charge is -1.91. The zero-order valence-corrected chi connectivity index (χ0v) is 10.1. The second-order valence-corrected chi connectivity index (χ2v) is 4.02. The summed E-state index contributed by atoms with van der Waals surface area (Å²) < 4.78 is 0. The molecule has 0 saturated heterocycles. The Hall–Kier alpha value is -2.34. The van der Waals surface area contributed by atoms with Crippen LogP contribution in [-0.4, -0.2) is 14.9 Å². The average Bonchev–Trinajstić information content (AvgIpc) is 2.94. The van der Waals surface area contributed by atoms with Crippen molar-refractivity contribution in [3.05, 3.63) is 63.6 Å². The number of rotatable bonds is 1. The van der Waals surface area contributed by atoms with Crippen LogP contribution in [0.3, 0.4) is 0 Å². The lowest BCUT2D eigenvalue weighted by atomic mass is 10.2. The van der Waals surface area contributed by atoms with Gasteiger partial charge >= 0.3 is 5.82 Å². The second-order valence-electron chi connectivity index (χ2n) is 3.30. The van der Waals surface area contributed by atoms with Crippen LogP contribution in [0.1, 0.15) is 0 Å². The van der Waals surface area contributed by atoms with E-state index in [2.05, 4.69) is 22.1 Å². The highest BCUT2D eigenvalue weighted by Gasteiger charge is 2.03. The van der Waals surface area contributed by atoms with Gasteiger partial charge in [-0.2, -0.15) is 0 Å². The van der Waals surface area contributed by atoms with Crippen molar-refractivity contribution in [3.8, 4) is 0 Å². The fourth-order valence-electron chi connectivity index (χ4n) is 1.31. The van der Waals surface area contributed by atoms with Crippen LogP contribution in [0, 0.1) is 10.1 Å². The number of pyridine rings is 1. The van der Waals surface area contributed by atoms with Gasteiger partial charge in [0.2, 0.25) is 0 Å². The van der Waals surface area contributed by atoms with E-state index in [9.17, 15) is 10.1 Å². The molecule has 0 aliphatic carbocycles. The number of nitrogens with zero attached hydrogens (tertiary/aromatic N) is 3. The van der Waals surface area contributed by atoms with Crippen molar-refractivity contribution in [2.24, 2.45) is 0 Å². The normalized spacial score (nSPS) is 9.56. The second kappa shape index (κ2) is 5.83.